The van der Waals surface area contributed by atoms with Gasteiger partial charge in [-0.1, -0.05) is 0 Å². The zero-order valence-electron chi connectivity index (χ0n) is 14.8. The summed E-state index contributed by atoms with van der Waals surface area (Å²) < 4.78 is 11.2. The molecule has 0 aromatic carbocycles. The average molecular weight is 389 g/mol. The highest BCUT2D eigenvalue weighted by atomic mass is 16.6. The molecule has 3 aromatic heterocycles. The Morgan fingerprint density at radius 2 is 2.21 bits per heavy atom. The number of amides is 2. The van der Waals surface area contributed by atoms with Crippen molar-refractivity contribution in [1.82, 2.24) is 25.3 Å². The van der Waals surface area contributed by atoms with Crippen molar-refractivity contribution in [3.05, 3.63) is 51.9 Å². The molecule has 146 valence electrons. The number of carbonyl (C=O) groups excluding carboxylic acids is 2. The number of ether oxygens (including phenoxy) is 1. The minimum Gasteiger partial charge on any atom is -0.475 e. The quantitative estimate of drug-likeness (QED) is 0.394. The maximum Gasteiger partial charge on any atom is 0.362 e. The molecule has 13 heteroatoms. The number of nitrogens with one attached hydrogen (secondary N) is 3. The molecule has 0 fully saturated rings. The van der Waals surface area contributed by atoms with Crippen LogP contribution in [0.3, 0.4) is 0 Å². The SMILES string of the molecule is COc1n[nH]c(C(=O)Nc2cn(C)nc2C(=O)NCc2ccco2)c1[N+](=O)[O-]. The van der Waals surface area contributed by atoms with Crippen molar-refractivity contribution in [2.45, 2.75) is 6.54 Å². The van der Waals surface area contributed by atoms with E-state index in [1.807, 2.05) is 0 Å². The van der Waals surface area contributed by atoms with Crippen LogP contribution in [0.5, 0.6) is 5.88 Å². The van der Waals surface area contributed by atoms with Gasteiger partial charge in [0.1, 0.15) is 5.76 Å². The van der Waals surface area contributed by atoms with Crippen molar-refractivity contribution in [2.24, 2.45) is 7.05 Å². The number of furan rings is 1. The van der Waals surface area contributed by atoms with Gasteiger partial charge in [0, 0.05) is 13.2 Å². The Balaban J connectivity index is 1.79. The largest absolute Gasteiger partial charge is 0.475 e. The van der Waals surface area contributed by atoms with E-state index in [0.29, 0.717) is 5.76 Å². The Morgan fingerprint density at radius 1 is 1.43 bits per heavy atom. The van der Waals surface area contributed by atoms with Gasteiger partial charge in [-0.3, -0.25) is 29.5 Å². The Morgan fingerprint density at radius 3 is 2.86 bits per heavy atom. The molecule has 3 aromatic rings. The van der Waals surface area contributed by atoms with Crippen molar-refractivity contribution in [3.63, 3.8) is 0 Å². The Hall–Kier alpha value is -4.16. The molecule has 3 heterocycles. The van der Waals surface area contributed by atoms with Gasteiger partial charge >= 0.3 is 11.6 Å². The van der Waals surface area contributed by atoms with E-state index in [9.17, 15) is 19.7 Å². The van der Waals surface area contributed by atoms with Gasteiger partial charge in [0.05, 0.1) is 30.5 Å². The first-order valence-electron chi connectivity index (χ1n) is 7.83. The number of nitro groups is 1. The van der Waals surface area contributed by atoms with Gasteiger partial charge in [-0.15, -0.1) is 5.10 Å². The number of carbonyl (C=O) groups is 2. The molecule has 0 spiro atoms. The molecule has 3 rings (SSSR count). The Bertz CT molecular complexity index is 1020. The number of aryl methyl sites for hydroxylation is 1. The van der Waals surface area contributed by atoms with Crippen LogP contribution in [0.2, 0.25) is 0 Å². The number of hydrogen-bond donors (Lipinski definition) is 3. The molecule has 3 N–H and O–H groups in total. The summed E-state index contributed by atoms with van der Waals surface area (Å²) in [5, 5.41) is 26.1. The van der Waals surface area contributed by atoms with E-state index in [4.69, 9.17) is 9.15 Å². The van der Waals surface area contributed by atoms with Crippen molar-refractivity contribution >= 4 is 23.2 Å². The summed E-state index contributed by atoms with van der Waals surface area (Å²) in [6.07, 6.45) is 2.86. The number of methoxy groups -OCH3 is 1. The van der Waals surface area contributed by atoms with E-state index in [2.05, 4.69) is 25.9 Å². The minimum atomic E-state index is -0.879. The molecule has 0 unspecified atom stereocenters. The van der Waals surface area contributed by atoms with Gasteiger partial charge in [-0.05, 0) is 12.1 Å². The number of aromatic amines is 1. The number of hydrogen-bond acceptors (Lipinski definition) is 8. The fraction of sp³-hybridized carbons (Fsp3) is 0.200. The maximum atomic E-state index is 12.5. The van der Waals surface area contributed by atoms with Gasteiger partial charge < -0.3 is 19.8 Å². The van der Waals surface area contributed by atoms with Crippen molar-refractivity contribution in [3.8, 4) is 5.88 Å². The highest BCUT2D eigenvalue weighted by molar-refractivity contribution is 6.09. The summed E-state index contributed by atoms with van der Waals surface area (Å²) in [5.41, 5.74) is -1.05. The predicted octanol–water partition coefficient (Wildman–Crippen LogP) is 0.835. The predicted molar refractivity (Wildman–Crippen MR) is 92.8 cm³/mol. The first-order valence-corrected chi connectivity index (χ1v) is 7.83. The normalized spacial score (nSPS) is 10.5. The molecule has 0 bridgehead atoms. The van der Waals surface area contributed by atoms with Crippen LogP contribution in [0.15, 0.2) is 29.0 Å². The minimum absolute atomic E-state index is 0.0623. The van der Waals surface area contributed by atoms with Crippen LogP contribution >= 0.6 is 0 Å². The highest BCUT2D eigenvalue weighted by Gasteiger charge is 2.31. The molecule has 0 saturated carbocycles. The van der Waals surface area contributed by atoms with Crippen LogP contribution in [-0.2, 0) is 13.6 Å². The summed E-state index contributed by atoms with van der Waals surface area (Å²) in [6.45, 7) is 0.124. The van der Waals surface area contributed by atoms with E-state index in [0.717, 1.165) is 0 Å². The molecular weight excluding hydrogens is 374 g/mol. The number of H-pyrrole nitrogens is 1. The third-order valence-corrected chi connectivity index (χ3v) is 3.61. The number of anilines is 1. The molecule has 2 amide bonds. The van der Waals surface area contributed by atoms with E-state index < -0.39 is 28.1 Å². The number of aromatic nitrogens is 4. The van der Waals surface area contributed by atoms with Crippen LogP contribution in [0, 0.1) is 10.1 Å². The number of rotatable bonds is 7. The molecule has 0 aliphatic rings. The standard InChI is InChI=1S/C15H15N7O6/c1-21-7-9(10(20-21)13(23)16-6-8-4-3-5-28-8)17-14(24)11-12(22(25)26)15(27-2)19-18-11/h3-5,7H,6H2,1-2H3,(H,16,23)(H,17,24)(H,18,19). The molecule has 0 atom stereocenters. The van der Waals surface area contributed by atoms with Gasteiger partial charge in [0.2, 0.25) is 5.69 Å². The lowest BCUT2D eigenvalue weighted by molar-refractivity contribution is -0.386. The van der Waals surface area contributed by atoms with Crippen LogP contribution in [0.4, 0.5) is 11.4 Å². The summed E-state index contributed by atoms with van der Waals surface area (Å²) in [6, 6.07) is 3.37. The van der Waals surface area contributed by atoms with Crippen LogP contribution in [0.1, 0.15) is 26.7 Å². The van der Waals surface area contributed by atoms with Crippen LogP contribution in [0.25, 0.3) is 0 Å². The molecular formula is C15H15N7O6. The molecule has 0 saturated heterocycles. The molecule has 0 aliphatic carbocycles. The monoisotopic (exact) mass is 389 g/mol. The van der Waals surface area contributed by atoms with Crippen LogP contribution < -0.4 is 15.4 Å². The lowest BCUT2D eigenvalue weighted by Gasteiger charge is -2.05. The van der Waals surface area contributed by atoms with Gasteiger partial charge in [-0.2, -0.15) is 5.10 Å². The zero-order chi connectivity index (χ0) is 20.3. The maximum absolute atomic E-state index is 12.5. The molecule has 0 aliphatic heterocycles. The first-order chi connectivity index (χ1) is 13.4. The topological polar surface area (TPSA) is 170 Å². The summed E-state index contributed by atoms with van der Waals surface area (Å²) in [5.74, 6) is -1.24. The van der Waals surface area contributed by atoms with E-state index in [1.54, 1.807) is 19.2 Å². The van der Waals surface area contributed by atoms with E-state index >= 15 is 0 Å². The second kappa shape index (κ2) is 7.61. The second-order valence-electron chi connectivity index (χ2n) is 5.49. The summed E-state index contributed by atoms with van der Waals surface area (Å²) in [4.78, 5) is 35.3. The van der Waals surface area contributed by atoms with E-state index in [-0.39, 0.29) is 23.8 Å². The van der Waals surface area contributed by atoms with Gasteiger partial charge in [-0.25, -0.2) is 0 Å². The van der Waals surface area contributed by atoms with Gasteiger partial charge in [0.25, 0.3) is 11.8 Å². The van der Waals surface area contributed by atoms with Crippen molar-refractivity contribution < 1.29 is 23.7 Å². The summed E-state index contributed by atoms with van der Waals surface area (Å²) in [7, 11) is 2.74. The highest BCUT2D eigenvalue weighted by Crippen LogP contribution is 2.28. The summed E-state index contributed by atoms with van der Waals surface area (Å²) >= 11 is 0. The average Bonchev–Trinajstić information content (AvgIpc) is 3.38. The smallest absolute Gasteiger partial charge is 0.362 e. The Kier molecular flexibility index (Phi) is 5.06. The lowest BCUT2D eigenvalue weighted by Crippen LogP contribution is -2.25. The third-order valence-electron chi connectivity index (χ3n) is 3.61. The lowest BCUT2D eigenvalue weighted by atomic mass is 10.3. The molecule has 13 nitrogen and oxygen atoms in total. The van der Waals surface area contributed by atoms with Crippen molar-refractivity contribution in [2.75, 3.05) is 12.4 Å². The molecule has 0 radical (unpaired) electrons. The van der Waals surface area contributed by atoms with Gasteiger partial charge in [0.15, 0.2) is 5.69 Å². The Labute approximate surface area is 156 Å². The number of nitrogens with zero attached hydrogens (tertiary/aromatic N) is 4. The second-order valence-corrected chi connectivity index (χ2v) is 5.49. The van der Waals surface area contributed by atoms with Crippen LogP contribution in [-0.4, -0.2) is 43.8 Å². The first kappa shape index (κ1) is 18.6. The third kappa shape index (κ3) is 3.67. The molecule has 28 heavy (non-hydrogen) atoms. The zero-order valence-corrected chi connectivity index (χ0v) is 14.8. The van der Waals surface area contributed by atoms with E-state index in [1.165, 1.54) is 24.3 Å². The van der Waals surface area contributed by atoms with Crippen molar-refractivity contribution in [1.29, 1.82) is 0 Å². The fourth-order valence-corrected chi connectivity index (χ4v) is 2.39. The fourth-order valence-electron chi connectivity index (χ4n) is 2.39.